The predicted molar refractivity (Wildman–Crippen MR) is 131 cm³/mol. The maximum Gasteiger partial charge on any atom is 0.328 e. The van der Waals surface area contributed by atoms with Gasteiger partial charge in [0.1, 0.15) is 11.6 Å². The molecule has 1 heterocycles. The Morgan fingerprint density at radius 1 is 1.06 bits per heavy atom. The van der Waals surface area contributed by atoms with Crippen molar-refractivity contribution < 1.29 is 23.4 Å². The van der Waals surface area contributed by atoms with Gasteiger partial charge in [-0.1, -0.05) is 30.3 Å². The molecule has 0 atom stereocenters. The number of carbonyl (C=O) groups is 1. The zero-order chi connectivity index (χ0) is 24.5. The van der Waals surface area contributed by atoms with Crippen LogP contribution in [-0.4, -0.2) is 28.4 Å². The average molecular weight is 472 g/mol. The predicted octanol–water partition coefficient (Wildman–Crippen LogP) is 6.32. The second-order valence-corrected chi connectivity index (χ2v) is 8.48. The number of methoxy groups -OCH3 is 1. The highest BCUT2D eigenvalue weighted by Gasteiger charge is 2.32. The number of nitrogens with one attached hydrogen (secondary N) is 1. The number of hydrogen-bond donors (Lipinski definition) is 2. The van der Waals surface area contributed by atoms with Crippen LogP contribution in [0.15, 0.2) is 66.7 Å². The molecule has 7 heteroatoms. The van der Waals surface area contributed by atoms with Crippen LogP contribution in [0.1, 0.15) is 35.1 Å². The smallest absolute Gasteiger partial charge is 0.328 e. The number of aliphatic carboxylic acids is 1. The van der Waals surface area contributed by atoms with Gasteiger partial charge in [0, 0.05) is 17.7 Å². The maximum atomic E-state index is 15.3. The zero-order valence-corrected chi connectivity index (χ0v) is 18.9. The van der Waals surface area contributed by atoms with Crippen LogP contribution in [0.2, 0.25) is 0 Å². The zero-order valence-electron chi connectivity index (χ0n) is 18.9. The van der Waals surface area contributed by atoms with Crippen LogP contribution in [0.5, 0.6) is 5.75 Å². The van der Waals surface area contributed by atoms with Crippen LogP contribution in [0, 0.1) is 17.7 Å². The molecule has 1 aromatic heterocycles. The van der Waals surface area contributed by atoms with Crippen LogP contribution >= 0.6 is 0 Å². The van der Waals surface area contributed by atoms with E-state index in [4.69, 9.17) is 9.84 Å². The van der Waals surface area contributed by atoms with Crippen molar-refractivity contribution in [2.24, 2.45) is 5.92 Å². The van der Waals surface area contributed by atoms with Crippen molar-refractivity contribution in [3.63, 3.8) is 0 Å². The van der Waals surface area contributed by atoms with E-state index in [1.165, 1.54) is 19.3 Å². The monoisotopic (exact) mass is 472 g/mol. The van der Waals surface area contributed by atoms with Crippen molar-refractivity contribution in [2.75, 3.05) is 7.11 Å². The number of hydrogen-bond acceptors (Lipinski definition) is 3. The summed E-state index contributed by atoms with van der Waals surface area (Å²) in [7, 11) is 1.49. The van der Waals surface area contributed by atoms with Crippen molar-refractivity contribution in [2.45, 2.75) is 12.8 Å². The lowest BCUT2D eigenvalue weighted by atomic mass is 9.86. The summed E-state index contributed by atoms with van der Waals surface area (Å²) in [4.78, 5) is 10.9. The number of nitrogens with zero attached hydrogens (tertiary/aromatic N) is 1. The van der Waals surface area contributed by atoms with Crippen LogP contribution < -0.4 is 4.74 Å². The third kappa shape index (κ3) is 4.57. The standard InChI is InChI=1S/C28H22F2N2O3/c1-35-20-10-11-21(23(29)15-20)27(18-7-8-18)26(17-5-2-16(3-6-17)4-13-25(33)34)19-9-12-24-22(14-19)28(30)32-31-24/h2-6,9-15,18H,7-8H2,1H3,(H,31,32)(H,33,34)/b13-4+,27-26+. The molecule has 5 nitrogen and oxygen atoms in total. The van der Waals surface area contributed by atoms with Crippen LogP contribution in [0.25, 0.3) is 28.1 Å². The molecule has 0 saturated heterocycles. The normalized spacial score (nSPS) is 14.4. The van der Waals surface area contributed by atoms with E-state index >= 15 is 4.39 Å². The summed E-state index contributed by atoms with van der Waals surface area (Å²) in [5.41, 5.74) is 4.97. The molecule has 0 unspecified atom stereocenters. The summed E-state index contributed by atoms with van der Waals surface area (Å²) in [6, 6.07) is 17.5. The van der Waals surface area contributed by atoms with Crippen molar-refractivity contribution >= 4 is 34.1 Å². The lowest BCUT2D eigenvalue weighted by Crippen LogP contribution is -2.00. The summed E-state index contributed by atoms with van der Waals surface area (Å²) in [5.74, 6) is -1.43. The molecule has 0 aliphatic heterocycles. The number of rotatable bonds is 7. The Morgan fingerprint density at radius 3 is 2.46 bits per heavy atom. The fourth-order valence-corrected chi connectivity index (χ4v) is 4.32. The van der Waals surface area contributed by atoms with Gasteiger partial charge in [-0.15, -0.1) is 5.10 Å². The van der Waals surface area contributed by atoms with E-state index in [0.717, 1.165) is 46.8 Å². The summed E-state index contributed by atoms with van der Waals surface area (Å²) < 4.78 is 34.9. The summed E-state index contributed by atoms with van der Waals surface area (Å²) >= 11 is 0. The third-order valence-corrected chi connectivity index (χ3v) is 6.14. The van der Waals surface area contributed by atoms with E-state index in [1.807, 2.05) is 18.2 Å². The lowest BCUT2D eigenvalue weighted by Gasteiger charge is -2.18. The van der Waals surface area contributed by atoms with Gasteiger partial charge in [-0.2, -0.15) is 4.39 Å². The van der Waals surface area contributed by atoms with Crippen molar-refractivity contribution in [1.29, 1.82) is 0 Å². The summed E-state index contributed by atoms with van der Waals surface area (Å²) in [6.07, 6.45) is 4.43. The van der Waals surface area contributed by atoms with Crippen LogP contribution in [-0.2, 0) is 4.79 Å². The van der Waals surface area contributed by atoms with Gasteiger partial charge in [0.25, 0.3) is 0 Å². The fraction of sp³-hybridized carbons (Fsp3) is 0.143. The summed E-state index contributed by atoms with van der Waals surface area (Å²) in [5, 5.41) is 15.6. The number of H-pyrrole nitrogens is 1. The SMILES string of the molecule is COc1ccc(/C(=C(\c2ccc(/C=C/C(=O)O)cc2)c2ccc3[nH]nc(F)c3c2)C2CC2)c(F)c1. The molecule has 176 valence electrons. The number of fused-ring (bicyclic) bond motifs is 1. The molecule has 5 rings (SSSR count). The number of aromatic amines is 1. The van der Waals surface area contributed by atoms with Crippen molar-refractivity contribution in [1.82, 2.24) is 10.2 Å². The molecule has 4 aromatic rings. The second kappa shape index (κ2) is 9.18. The molecule has 0 radical (unpaired) electrons. The first kappa shape index (κ1) is 22.5. The quantitative estimate of drug-likeness (QED) is 0.244. The molecule has 1 saturated carbocycles. The highest BCUT2D eigenvalue weighted by molar-refractivity contribution is 6.02. The number of carboxylic acid groups (broad SMARTS) is 1. The van der Waals surface area contributed by atoms with Crippen LogP contribution in [0.3, 0.4) is 0 Å². The van der Waals surface area contributed by atoms with Crippen LogP contribution in [0.4, 0.5) is 8.78 Å². The average Bonchev–Trinajstić information content (AvgIpc) is 3.64. The maximum absolute atomic E-state index is 15.3. The van der Waals surface area contributed by atoms with E-state index in [2.05, 4.69) is 10.2 Å². The minimum absolute atomic E-state index is 0.157. The van der Waals surface area contributed by atoms with Gasteiger partial charge in [-0.3, -0.25) is 5.10 Å². The van der Waals surface area contributed by atoms with E-state index in [1.54, 1.807) is 36.4 Å². The van der Waals surface area contributed by atoms with Gasteiger partial charge in [0.2, 0.25) is 5.95 Å². The van der Waals surface area contributed by atoms with Gasteiger partial charge in [0.15, 0.2) is 0 Å². The van der Waals surface area contributed by atoms with Gasteiger partial charge >= 0.3 is 5.97 Å². The Balaban J connectivity index is 1.74. The second-order valence-electron chi connectivity index (χ2n) is 8.48. The Morgan fingerprint density at radius 2 is 1.80 bits per heavy atom. The van der Waals surface area contributed by atoms with E-state index < -0.39 is 11.9 Å². The summed E-state index contributed by atoms with van der Waals surface area (Å²) in [6.45, 7) is 0. The van der Waals surface area contributed by atoms with Gasteiger partial charge in [-0.25, -0.2) is 9.18 Å². The molecule has 0 spiro atoms. The number of allylic oxidation sites excluding steroid dienone is 1. The molecule has 1 aliphatic rings. The van der Waals surface area contributed by atoms with Gasteiger partial charge in [-0.05, 0) is 76.9 Å². The number of ether oxygens (including phenoxy) is 1. The molecule has 0 bridgehead atoms. The largest absolute Gasteiger partial charge is 0.497 e. The molecular formula is C28H22F2N2O3. The Labute approximate surface area is 200 Å². The first-order chi connectivity index (χ1) is 16.9. The first-order valence-corrected chi connectivity index (χ1v) is 11.2. The number of benzene rings is 3. The van der Waals surface area contributed by atoms with E-state index in [0.29, 0.717) is 22.2 Å². The van der Waals surface area contributed by atoms with E-state index in [9.17, 15) is 9.18 Å². The van der Waals surface area contributed by atoms with E-state index in [-0.39, 0.29) is 11.7 Å². The highest BCUT2D eigenvalue weighted by Crippen LogP contribution is 2.48. The number of carboxylic acids is 1. The molecule has 1 aliphatic carbocycles. The third-order valence-electron chi connectivity index (χ3n) is 6.14. The Hall–Kier alpha value is -4.26. The molecule has 35 heavy (non-hydrogen) atoms. The van der Waals surface area contributed by atoms with Gasteiger partial charge < -0.3 is 9.84 Å². The van der Waals surface area contributed by atoms with Crippen molar-refractivity contribution in [3.05, 3.63) is 101 Å². The lowest BCUT2D eigenvalue weighted by molar-refractivity contribution is -0.131. The highest BCUT2D eigenvalue weighted by atomic mass is 19.1. The number of aromatic nitrogens is 2. The molecule has 2 N–H and O–H groups in total. The minimum atomic E-state index is -1.03. The Kier molecular flexibility index (Phi) is 5.91. The van der Waals surface area contributed by atoms with Gasteiger partial charge in [0.05, 0.1) is 18.0 Å². The molecule has 1 fully saturated rings. The minimum Gasteiger partial charge on any atom is -0.497 e. The number of halogens is 2. The van der Waals surface area contributed by atoms with Crippen molar-refractivity contribution in [3.8, 4) is 5.75 Å². The molecule has 3 aromatic carbocycles. The Bertz CT molecular complexity index is 1480. The first-order valence-electron chi connectivity index (χ1n) is 11.2. The topological polar surface area (TPSA) is 75.2 Å². The molecular weight excluding hydrogens is 450 g/mol. The fourth-order valence-electron chi connectivity index (χ4n) is 4.32. The molecule has 0 amide bonds.